The molecule has 128 valence electrons. The van der Waals surface area contributed by atoms with Crippen LogP contribution < -0.4 is 0 Å². The molecule has 0 atom stereocenters. The van der Waals surface area contributed by atoms with E-state index in [1.54, 1.807) is 6.92 Å². The van der Waals surface area contributed by atoms with E-state index >= 15 is 0 Å². The summed E-state index contributed by atoms with van der Waals surface area (Å²) >= 11 is 5.71. The van der Waals surface area contributed by atoms with Crippen LogP contribution in [0.4, 0.5) is 4.79 Å². The second-order valence-corrected chi connectivity index (χ2v) is 6.99. The minimum atomic E-state index is -3.71. The minimum Gasteiger partial charge on any atom is -0.381 e. The minimum absolute atomic E-state index is 0.0377. The Hall–Kier alpha value is -1.71. The predicted octanol–water partition coefficient (Wildman–Crippen LogP) is 1.30. The van der Waals surface area contributed by atoms with Crippen LogP contribution in [0.3, 0.4) is 0 Å². The number of ether oxygens (including phenoxy) is 1. The molecule has 8 nitrogen and oxygen atoms in total. The van der Waals surface area contributed by atoms with Gasteiger partial charge in [0.1, 0.15) is 6.33 Å². The molecule has 1 heterocycles. The summed E-state index contributed by atoms with van der Waals surface area (Å²) in [4.78, 5) is 17.3. The Kier molecular flexibility index (Phi) is 7.40. The Bertz CT molecular complexity index is 671. The summed E-state index contributed by atoms with van der Waals surface area (Å²) in [7, 11) is -3.71. The maximum absolute atomic E-state index is 12.3. The summed E-state index contributed by atoms with van der Waals surface area (Å²) in [6, 6.07) is -0.578. The standard InChI is InChI=1S/C13H19ClN4O4S/c1-4-6-17(9-11(3)14)13(19)18-10-15-12(16-18)23(20,21)8-7-22-5-2/h4,10H,1,3,5-9H2,2H3. The topological polar surface area (TPSA) is 94.4 Å². The summed E-state index contributed by atoms with van der Waals surface area (Å²) in [6.45, 7) is 9.57. The molecular weight excluding hydrogens is 344 g/mol. The van der Waals surface area contributed by atoms with E-state index in [1.807, 2.05) is 0 Å². The van der Waals surface area contributed by atoms with Crippen LogP contribution in [-0.4, -0.2) is 66.2 Å². The van der Waals surface area contributed by atoms with Crippen molar-refractivity contribution in [2.45, 2.75) is 12.1 Å². The third-order valence-corrected chi connectivity index (χ3v) is 4.19. The van der Waals surface area contributed by atoms with Crippen molar-refractivity contribution in [2.75, 3.05) is 32.1 Å². The zero-order valence-corrected chi connectivity index (χ0v) is 14.4. The molecule has 0 aliphatic rings. The fourth-order valence-corrected chi connectivity index (χ4v) is 2.69. The number of carbonyl (C=O) groups is 1. The largest absolute Gasteiger partial charge is 0.381 e. The molecule has 0 aliphatic heterocycles. The lowest BCUT2D eigenvalue weighted by atomic mass is 10.4. The molecule has 1 aromatic heterocycles. The molecule has 0 saturated heterocycles. The van der Waals surface area contributed by atoms with E-state index in [0.29, 0.717) is 6.61 Å². The molecule has 1 amide bonds. The molecule has 0 saturated carbocycles. The first-order valence-electron chi connectivity index (χ1n) is 6.77. The van der Waals surface area contributed by atoms with Crippen molar-refractivity contribution in [3.05, 3.63) is 30.6 Å². The number of amides is 1. The first kappa shape index (κ1) is 19.3. The molecule has 0 fully saturated rings. The highest BCUT2D eigenvalue weighted by Gasteiger charge is 2.23. The van der Waals surface area contributed by atoms with E-state index < -0.39 is 21.0 Å². The molecule has 0 aromatic carbocycles. The van der Waals surface area contributed by atoms with Crippen molar-refractivity contribution in [2.24, 2.45) is 0 Å². The average molecular weight is 363 g/mol. The lowest BCUT2D eigenvalue weighted by molar-refractivity contribution is 0.163. The molecule has 10 heteroatoms. The molecule has 0 radical (unpaired) electrons. The van der Waals surface area contributed by atoms with Gasteiger partial charge >= 0.3 is 6.03 Å². The third-order valence-electron chi connectivity index (χ3n) is 2.63. The van der Waals surface area contributed by atoms with E-state index in [0.717, 1.165) is 11.0 Å². The van der Waals surface area contributed by atoms with Crippen LogP contribution in [0.5, 0.6) is 0 Å². The van der Waals surface area contributed by atoms with Gasteiger partial charge in [0.05, 0.1) is 18.9 Å². The van der Waals surface area contributed by atoms with Crippen LogP contribution in [-0.2, 0) is 14.6 Å². The zero-order valence-electron chi connectivity index (χ0n) is 12.8. The van der Waals surface area contributed by atoms with Gasteiger partial charge in [-0.1, -0.05) is 24.3 Å². The van der Waals surface area contributed by atoms with E-state index in [1.165, 1.54) is 11.0 Å². The van der Waals surface area contributed by atoms with Gasteiger partial charge in [-0.3, -0.25) is 0 Å². The summed E-state index contributed by atoms with van der Waals surface area (Å²) in [5, 5.41) is 3.57. The lowest BCUT2D eigenvalue weighted by Gasteiger charge is -2.19. The van der Waals surface area contributed by atoms with Crippen LogP contribution >= 0.6 is 11.6 Å². The summed E-state index contributed by atoms with van der Waals surface area (Å²) < 4.78 is 29.9. The van der Waals surface area contributed by atoms with Gasteiger partial charge in [0, 0.05) is 18.2 Å². The fourth-order valence-electron chi connectivity index (χ4n) is 1.60. The molecule has 0 spiro atoms. The van der Waals surface area contributed by atoms with Gasteiger partial charge < -0.3 is 9.64 Å². The number of carbonyl (C=O) groups excluding carboxylic acids is 1. The highest BCUT2D eigenvalue weighted by molar-refractivity contribution is 7.91. The molecule has 0 bridgehead atoms. The van der Waals surface area contributed by atoms with Gasteiger partial charge in [0.25, 0.3) is 5.16 Å². The number of hydrogen-bond donors (Lipinski definition) is 0. The summed E-state index contributed by atoms with van der Waals surface area (Å²) in [5.41, 5.74) is 0. The Labute approximate surface area is 140 Å². The Morgan fingerprint density at radius 3 is 2.83 bits per heavy atom. The van der Waals surface area contributed by atoms with Crippen molar-refractivity contribution in [3.63, 3.8) is 0 Å². The van der Waals surface area contributed by atoms with E-state index in [4.69, 9.17) is 16.3 Å². The maximum atomic E-state index is 12.3. The molecular formula is C13H19ClN4O4S. The molecule has 0 N–H and O–H groups in total. The van der Waals surface area contributed by atoms with E-state index in [-0.39, 0.29) is 30.5 Å². The fraction of sp³-hybridized carbons (Fsp3) is 0.462. The number of aromatic nitrogens is 3. The van der Waals surface area contributed by atoms with Gasteiger partial charge in [-0.2, -0.15) is 4.68 Å². The van der Waals surface area contributed by atoms with Crippen molar-refractivity contribution in [1.82, 2.24) is 19.7 Å². The monoisotopic (exact) mass is 362 g/mol. The summed E-state index contributed by atoms with van der Waals surface area (Å²) in [6.07, 6.45) is 2.55. The number of hydrogen-bond acceptors (Lipinski definition) is 6. The van der Waals surface area contributed by atoms with Crippen LogP contribution in [0.2, 0.25) is 0 Å². The molecule has 1 rings (SSSR count). The number of sulfone groups is 1. The van der Waals surface area contributed by atoms with Crippen molar-refractivity contribution in [3.8, 4) is 0 Å². The van der Waals surface area contributed by atoms with Crippen LogP contribution in [0.25, 0.3) is 0 Å². The second kappa shape index (κ2) is 8.80. The predicted molar refractivity (Wildman–Crippen MR) is 86.1 cm³/mol. The van der Waals surface area contributed by atoms with Crippen LogP contribution in [0, 0.1) is 0 Å². The Morgan fingerprint density at radius 1 is 1.57 bits per heavy atom. The van der Waals surface area contributed by atoms with Gasteiger partial charge in [-0.05, 0) is 6.92 Å². The number of nitrogens with zero attached hydrogens (tertiary/aromatic N) is 4. The molecule has 0 aliphatic carbocycles. The second-order valence-electron chi connectivity index (χ2n) is 4.46. The van der Waals surface area contributed by atoms with Crippen molar-refractivity contribution >= 4 is 27.5 Å². The van der Waals surface area contributed by atoms with Gasteiger partial charge in [-0.25, -0.2) is 18.2 Å². The SMILES string of the molecule is C=CCN(CC(=C)Cl)C(=O)n1cnc(S(=O)(=O)CCOCC)n1. The van der Waals surface area contributed by atoms with Crippen molar-refractivity contribution < 1.29 is 17.9 Å². The third kappa shape index (κ3) is 5.77. The highest BCUT2D eigenvalue weighted by Crippen LogP contribution is 2.07. The summed E-state index contributed by atoms with van der Waals surface area (Å²) in [5.74, 6) is -0.256. The van der Waals surface area contributed by atoms with Crippen LogP contribution in [0.1, 0.15) is 6.92 Å². The molecule has 23 heavy (non-hydrogen) atoms. The first-order valence-corrected chi connectivity index (χ1v) is 8.80. The average Bonchev–Trinajstić information content (AvgIpc) is 2.96. The van der Waals surface area contributed by atoms with Crippen molar-refractivity contribution in [1.29, 1.82) is 0 Å². The quantitative estimate of drug-likeness (QED) is 0.485. The van der Waals surface area contributed by atoms with Gasteiger partial charge in [0.15, 0.2) is 0 Å². The van der Waals surface area contributed by atoms with E-state index in [9.17, 15) is 13.2 Å². The Balaban J connectivity index is 2.90. The smallest absolute Gasteiger partial charge is 0.346 e. The maximum Gasteiger partial charge on any atom is 0.346 e. The normalized spacial score (nSPS) is 11.2. The van der Waals surface area contributed by atoms with Crippen LogP contribution in [0.15, 0.2) is 35.7 Å². The highest BCUT2D eigenvalue weighted by atomic mass is 35.5. The van der Waals surface area contributed by atoms with Gasteiger partial charge in [-0.15, -0.1) is 11.7 Å². The number of halogens is 1. The Morgan fingerprint density at radius 2 is 2.26 bits per heavy atom. The molecule has 0 unspecified atom stereocenters. The zero-order chi connectivity index (χ0) is 17.5. The number of rotatable bonds is 9. The lowest BCUT2D eigenvalue weighted by Crippen LogP contribution is -2.36. The van der Waals surface area contributed by atoms with E-state index in [2.05, 4.69) is 23.2 Å². The molecule has 1 aromatic rings. The van der Waals surface area contributed by atoms with Gasteiger partial charge in [0.2, 0.25) is 9.84 Å². The first-order chi connectivity index (χ1) is 10.8.